The molecule has 0 saturated heterocycles. The fourth-order valence-electron chi connectivity index (χ4n) is 2.22. The summed E-state index contributed by atoms with van der Waals surface area (Å²) in [4.78, 5) is 16.8. The average molecular weight is 343 g/mol. The number of nitrogens with one attached hydrogen (secondary N) is 1. The Morgan fingerprint density at radius 1 is 1.13 bits per heavy atom. The van der Waals surface area contributed by atoms with E-state index in [1.807, 2.05) is 49.6 Å². The summed E-state index contributed by atoms with van der Waals surface area (Å²) < 4.78 is 0. The van der Waals surface area contributed by atoms with Crippen molar-refractivity contribution < 1.29 is 4.79 Å². The van der Waals surface area contributed by atoms with E-state index >= 15 is 0 Å². The van der Waals surface area contributed by atoms with Gasteiger partial charge in [-0.05, 0) is 43.7 Å². The fourth-order valence-corrected chi connectivity index (χ4v) is 3.17. The summed E-state index contributed by atoms with van der Waals surface area (Å²) in [7, 11) is 0. The highest BCUT2D eigenvalue weighted by Gasteiger charge is 2.11. The number of carbonyl (C=O) groups excluding carboxylic acids is 1. The maximum absolute atomic E-state index is 12.3. The first-order valence-corrected chi connectivity index (χ1v) is 8.39. The number of benzene rings is 2. The number of halogens is 1. The minimum Gasteiger partial charge on any atom is -0.322 e. The summed E-state index contributed by atoms with van der Waals surface area (Å²) in [6, 6.07) is 13.0. The summed E-state index contributed by atoms with van der Waals surface area (Å²) in [5, 5.41) is 6.37. The molecule has 23 heavy (non-hydrogen) atoms. The van der Waals surface area contributed by atoms with Crippen molar-refractivity contribution in [2.75, 3.05) is 5.32 Å². The standard InChI is InChI=1S/C18H15ClN2OS/c1-11-3-8-15(16(19)9-11)18(22)21-14-6-4-13(5-7-14)17-10-23-12(2)20-17/h3-10H,1-2H3,(H,21,22). The molecule has 0 bridgehead atoms. The highest BCUT2D eigenvalue weighted by molar-refractivity contribution is 7.09. The first kappa shape index (κ1) is 15.7. The summed E-state index contributed by atoms with van der Waals surface area (Å²) >= 11 is 7.75. The van der Waals surface area contributed by atoms with Crippen molar-refractivity contribution >= 4 is 34.5 Å². The molecule has 0 aliphatic carbocycles. The minimum absolute atomic E-state index is 0.216. The molecule has 3 aromatic rings. The Morgan fingerprint density at radius 3 is 2.48 bits per heavy atom. The SMILES string of the molecule is Cc1ccc(C(=O)Nc2ccc(-c3csc(C)n3)cc2)c(Cl)c1. The van der Waals surface area contributed by atoms with Gasteiger partial charge in [0.05, 0.1) is 21.3 Å². The van der Waals surface area contributed by atoms with Crippen molar-refractivity contribution in [1.82, 2.24) is 4.98 Å². The summed E-state index contributed by atoms with van der Waals surface area (Å²) in [5.74, 6) is -0.216. The van der Waals surface area contributed by atoms with Crippen LogP contribution in [0, 0.1) is 13.8 Å². The van der Waals surface area contributed by atoms with Crippen molar-refractivity contribution in [3.05, 3.63) is 69.0 Å². The molecule has 0 atom stereocenters. The van der Waals surface area contributed by atoms with Crippen molar-refractivity contribution in [3.8, 4) is 11.3 Å². The number of thiazole rings is 1. The van der Waals surface area contributed by atoms with Crippen LogP contribution in [-0.4, -0.2) is 10.9 Å². The third kappa shape index (κ3) is 3.60. The van der Waals surface area contributed by atoms with Gasteiger partial charge in [0.1, 0.15) is 0 Å². The van der Waals surface area contributed by atoms with Crippen molar-refractivity contribution in [1.29, 1.82) is 0 Å². The molecule has 0 unspecified atom stereocenters. The Hall–Kier alpha value is -2.17. The lowest BCUT2D eigenvalue weighted by atomic mass is 10.1. The van der Waals surface area contributed by atoms with E-state index in [0.29, 0.717) is 10.6 Å². The monoisotopic (exact) mass is 342 g/mol. The molecular weight excluding hydrogens is 328 g/mol. The topological polar surface area (TPSA) is 42.0 Å². The van der Waals surface area contributed by atoms with Crippen LogP contribution in [0.1, 0.15) is 20.9 Å². The third-order valence-electron chi connectivity index (χ3n) is 3.43. The number of nitrogens with zero attached hydrogens (tertiary/aromatic N) is 1. The van der Waals surface area contributed by atoms with Gasteiger partial charge in [-0.25, -0.2) is 4.98 Å². The molecule has 0 saturated carbocycles. The Kier molecular flexibility index (Phi) is 4.46. The second-order valence-electron chi connectivity index (χ2n) is 5.27. The number of hydrogen-bond acceptors (Lipinski definition) is 3. The molecule has 5 heteroatoms. The Bertz CT molecular complexity index is 856. The maximum atomic E-state index is 12.3. The minimum atomic E-state index is -0.216. The molecule has 1 amide bonds. The Morgan fingerprint density at radius 2 is 1.87 bits per heavy atom. The molecule has 0 spiro atoms. The molecule has 0 fully saturated rings. The number of rotatable bonds is 3. The number of carbonyl (C=O) groups is 1. The highest BCUT2D eigenvalue weighted by atomic mass is 35.5. The van der Waals surface area contributed by atoms with Gasteiger partial charge in [-0.15, -0.1) is 11.3 Å². The van der Waals surface area contributed by atoms with Crippen molar-refractivity contribution in [3.63, 3.8) is 0 Å². The van der Waals surface area contributed by atoms with E-state index in [2.05, 4.69) is 10.3 Å². The van der Waals surface area contributed by atoms with E-state index in [4.69, 9.17) is 11.6 Å². The lowest BCUT2D eigenvalue weighted by Gasteiger charge is -2.08. The second kappa shape index (κ2) is 6.52. The van der Waals surface area contributed by atoms with E-state index in [1.54, 1.807) is 23.5 Å². The van der Waals surface area contributed by atoms with Crippen LogP contribution in [0.2, 0.25) is 5.02 Å². The van der Waals surface area contributed by atoms with Gasteiger partial charge in [0.15, 0.2) is 0 Å². The van der Waals surface area contributed by atoms with Crippen LogP contribution >= 0.6 is 22.9 Å². The molecule has 0 radical (unpaired) electrons. The summed E-state index contributed by atoms with van der Waals surface area (Å²) in [6.07, 6.45) is 0. The van der Waals surface area contributed by atoms with E-state index in [-0.39, 0.29) is 5.91 Å². The summed E-state index contributed by atoms with van der Waals surface area (Å²) in [6.45, 7) is 3.92. The number of aromatic nitrogens is 1. The van der Waals surface area contributed by atoms with Crippen LogP contribution in [-0.2, 0) is 0 Å². The van der Waals surface area contributed by atoms with Crippen LogP contribution in [0.15, 0.2) is 47.8 Å². The molecule has 1 aromatic heterocycles. The fraction of sp³-hybridized carbons (Fsp3) is 0.111. The van der Waals surface area contributed by atoms with Crippen LogP contribution < -0.4 is 5.32 Å². The van der Waals surface area contributed by atoms with Gasteiger partial charge >= 0.3 is 0 Å². The second-order valence-corrected chi connectivity index (χ2v) is 6.74. The third-order valence-corrected chi connectivity index (χ3v) is 4.51. The lowest BCUT2D eigenvalue weighted by Crippen LogP contribution is -2.12. The smallest absolute Gasteiger partial charge is 0.257 e. The van der Waals surface area contributed by atoms with Crippen LogP contribution in [0.25, 0.3) is 11.3 Å². The molecule has 1 N–H and O–H groups in total. The first-order valence-electron chi connectivity index (χ1n) is 7.13. The number of amides is 1. The molecule has 116 valence electrons. The predicted molar refractivity (Wildman–Crippen MR) is 96.4 cm³/mol. The largest absolute Gasteiger partial charge is 0.322 e. The summed E-state index contributed by atoms with van der Waals surface area (Å²) in [5.41, 5.74) is 4.20. The highest BCUT2D eigenvalue weighted by Crippen LogP contribution is 2.24. The van der Waals surface area contributed by atoms with Crippen LogP contribution in [0.3, 0.4) is 0 Å². The van der Waals surface area contributed by atoms with E-state index in [9.17, 15) is 4.79 Å². The molecule has 3 nitrogen and oxygen atoms in total. The number of aryl methyl sites for hydroxylation is 2. The van der Waals surface area contributed by atoms with Gasteiger partial charge in [-0.2, -0.15) is 0 Å². The van der Waals surface area contributed by atoms with E-state index in [1.165, 1.54) is 0 Å². The van der Waals surface area contributed by atoms with Gasteiger partial charge < -0.3 is 5.32 Å². The Balaban J connectivity index is 1.76. The van der Waals surface area contributed by atoms with Crippen molar-refractivity contribution in [2.45, 2.75) is 13.8 Å². The van der Waals surface area contributed by atoms with Gasteiger partial charge in [0.25, 0.3) is 5.91 Å². The van der Waals surface area contributed by atoms with Crippen molar-refractivity contribution in [2.24, 2.45) is 0 Å². The maximum Gasteiger partial charge on any atom is 0.257 e. The quantitative estimate of drug-likeness (QED) is 0.698. The molecule has 3 rings (SSSR count). The molecule has 1 heterocycles. The molecular formula is C18H15ClN2OS. The molecule has 2 aromatic carbocycles. The van der Waals surface area contributed by atoms with Gasteiger partial charge in [-0.3, -0.25) is 4.79 Å². The average Bonchev–Trinajstić information content (AvgIpc) is 2.94. The number of anilines is 1. The molecule has 0 aliphatic heterocycles. The van der Waals surface area contributed by atoms with E-state index in [0.717, 1.165) is 27.5 Å². The molecule has 0 aliphatic rings. The van der Waals surface area contributed by atoms with E-state index < -0.39 is 0 Å². The van der Waals surface area contributed by atoms with Crippen LogP contribution in [0.4, 0.5) is 5.69 Å². The zero-order valence-corrected chi connectivity index (χ0v) is 14.3. The van der Waals surface area contributed by atoms with Gasteiger partial charge in [0.2, 0.25) is 0 Å². The van der Waals surface area contributed by atoms with Crippen LogP contribution in [0.5, 0.6) is 0 Å². The zero-order valence-electron chi connectivity index (χ0n) is 12.8. The zero-order chi connectivity index (χ0) is 16.4. The van der Waals surface area contributed by atoms with Gasteiger partial charge in [0, 0.05) is 16.6 Å². The Labute approximate surface area is 144 Å². The number of hydrogen-bond donors (Lipinski definition) is 1. The van der Waals surface area contributed by atoms with Gasteiger partial charge in [-0.1, -0.05) is 29.8 Å². The predicted octanol–water partition coefficient (Wildman–Crippen LogP) is 5.33. The normalized spacial score (nSPS) is 10.6. The first-order chi connectivity index (χ1) is 11.0. The lowest BCUT2D eigenvalue weighted by molar-refractivity contribution is 0.102.